The number of carbonyl (C=O) groups is 1. The predicted octanol–water partition coefficient (Wildman–Crippen LogP) is 4.72. The Balaban J connectivity index is 1.33. The first-order valence-electron chi connectivity index (χ1n) is 9.53. The molecule has 1 aromatic carbocycles. The number of thioether (sulfide) groups is 1. The molecule has 0 atom stereocenters. The first-order chi connectivity index (χ1) is 13.7. The number of thiazole rings is 1. The van der Waals surface area contributed by atoms with Crippen LogP contribution < -0.4 is 5.32 Å². The fourth-order valence-electron chi connectivity index (χ4n) is 3.53. The van der Waals surface area contributed by atoms with Gasteiger partial charge in [-0.25, -0.2) is 4.98 Å². The number of amides is 1. The third-order valence-electron chi connectivity index (χ3n) is 4.99. The summed E-state index contributed by atoms with van der Waals surface area (Å²) < 4.78 is 2.05. The van der Waals surface area contributed by atoms with Crippen molar-refractivity contribution in [2.24, 2.45) is 7.05 Å². The molecule has 1 saturated carbocycles. The number of hydrogen-bond donors (Lipinski definition) is 1. The van der Waals surface area contributed by atoms with E-state index in [0.717, 1.165) is 22.2 Å². The summed E-state index contributed by atoms with van der Waals surface area (Å²) in [6.07, 6.45) is 6.22. The van der Waals surface area contributed by atoms with E-state index in [0.29, 0.717) is 11.0 Å². The van der Waals surface area contributed by atoms with Crippen LogP contribution in [0.15, 0.2) is 40.9 Å². The molecule has 2 heterocycles. The summed E-state index contributed by atoms with van der Waals surface area (Å²) in [7, 11) is 2.00. The third kappa shape index (κ3) is 4.44. The zero-order chi connectivity index (χ0) is 19.3. The molecular weight excluding hydrogens is 390 g/mol. The summed E-state index contributed by atoms with van der Waals surface area (Å²) in [6, 6.07) is 9.95. The molecule has 1 aliphatic rings. The first-order valence-corrected chi connectivity index (χ1v) is 11.4. The Morgan fingerprint density at radius 1 is 1.21 bits per heavy atom. The third-order valence-corrected chi connectivity index (χ3v) is 6.77. The van der Waals surface area contributed by atoms with Crippen LogP contribution in [0.25, 0.3) is 11.3 Å². The summed E-state index contributed by atoms with van der Waals surface area (Å²) in [5, 5.41) is 14.9. The average molecular weight is 414 g/mol. The van der Waals surface area contributed by atoms with Crippen LogP contribution in [0.4, 0.5) is 5.13 Å². The molecule has 1 fully saturated rings. The highest BCUT2D eigenvalue weighted by Crippen LogP contribution is 2.32. The fourth-order valence-corrected chi connectivity index (χ4v) is 4.98. The van der Waals surface area contributed by atoms with Crippen molar-refractivity contribution in [1.82, 2.24) is 19.7 Å². The molecular formula is C20H23N5OS2. The van der Waals surface area contributed by atoms with Gasteiger partial charge in [-0.3, -0.25) is 4.79 Å². The lowest BCUT2D eigenvalue weighted by Crippen LogP contribution is -2.14. The number of carbonyl (C=O) groups excluding carboxylic acids is 1. The van der Waals surface area contributed by atoms with Gasteiger partial charge < -0.3 is 9.88 Å². The van der Waals surface area contributed by atoms with Gasteiger partial charge in [0.15, 0.2) is 10.3 Å². The summed E-state index contributed by atoms with van der Waals surface area (Å²) >= 11 is 2.85. The topological polar surface area (TPSA) is 72.7 Å². The number of nitrogens with one attached hydrogen (secondary N) is 1. The Labute approximate surface area is 172 Å². The second-order valence-electron chi connectivity index (χ2n) is 6.98. The van der Waals surface area contributed by atoms with Gasteiger partial charge in [0.05, 0.1) is 11.4 Å². The minimum Gasteiger partial charge on any atom is -0.309 e. The highest BCUT2D eigenvalue weighted by atomic mass is 32.2. The molecule has 0 bridgehead atoms. The minimum absolute atomic E-state index is 0.0822. The van der Waals surface area contributed by atoms with Crippen molar-refractivity contribution in [2.45, 2.75) is 43.2 Å². The first kappa shape index (κ1) is 19.1. The van der Waals surface area contributed by atoms with Crippen LogP contribution in [0.1, 0.15) is 43.8 Å². The molecule has 1 aliphatic carbocycles. The standard InChI is InChI=1S/C20H23N5OS2/c1-25-18(15-10-6-3-7-11-15)23-24-20(25)28-13-17(26)22-19-21-16(12-27-19)14-8-4-2-5-9-14/h2,4-5,8-9,12,15H,3,6-7,10-11,13H2,1H3,(H,21,22,26). The van der Waals surface area contributed by atoms with E-state index in [2.05, 4.69) is 20.5 Å². The molecule has 0 spiro atoms. The molecule has 0 saturated heterocycles. The number of nitrogens with zero attached hydrogens (tertiary/aromatic N) is 4. The van der Waals surface area contributed by atoms with Gasteiger partial charge >= 0.3 is 0 Å². The van der Waals surface area contributed by atoms with Crippen molar-refractivity contribution in [2.75, 3.05) is 11.1 Å². The quantitative estimate of drug-likeness (QED) is 0.592. The molecule has 8 heteroatoms. The maximum absolute atomic E-state index is 12.3. The van der Waals surface area contributed by atoms with Crippen LogP contribution in [0.3, 0.4) is 0 Å². The van der Waals surface area contributed by atoms with Crippen LogP contribution in [0.5, 0.6) is 0 Å². The van der Waals surface area contributed by atoms with Gasteiger partial charge in [0.2, 0.25) is 5.91 Å². The minimum atomic E-state index is -0.0822. The van der Waals surface area contributed by atoms with Gasteiger partial charge in [-0.1, -0.05) is 61.4 Å². The zero-order valence-corrected chi connectivity index (χ0v) is 17.4. The van der Waals surface area contributed by atoms with Crippen molar-refractivity contribution in [3.63, 3.8) is 0 Å². The monoisotopic (exact) mass is 413 g/mol. The summed E-state index contributed by atoms with van der Waals surface area (Å²) in [4.78, 5) is 16.8. The highest BCUT2D eigenvalue weighted by molar-refractivity contribution is 7.99. The van der Waals surface area contributed by atoms with E-state index in [1.165, 1.54) is 55.2 Å². The molecule has 0 radical (unpaired) electrons. The van der Waals surface area contributed by atoms with E-state index in [9.17, 15) is 4.79 Å². The lowest BCUT2D eigenvalue weighted by Gasteiger charge is -2.20. The van der Waals surface area contributed by atoms with E-state index in [1.54, 1.807) is 0 Å². The number of rotatable bonds is 6. The molecule has 4 rings (SSSR count). The van der Waals surface area contributed by atoms with Crippen molar-refractivity contribution >= 4 is 34.1 Å². The SMILES string of the molecule is Cn1c(SCC(=O)Nc2nc(-c3ccccc3)cs2)nnc1C1CCCCC1. The Bertz CT molecular complexity index is 931. The smallest absolute Gasteiger partial charge is 0.236 e. The maximum Gasteiger partial charge on any atom is 0.236 e. The van der Waals surface area contributed by atoms with Crippen molar-refractivity contribution in [3.8, 4) is 11.3 Å². The van der Waals surface area contributed by atoms with Crippen LogP contribution in [0, 0.1) is 0 Å². The van der Waals surface area contributed by atoms with Crippen LogP contribution >= 0.6 is 23.1 Å². The molecule has 6 nitrogen and oxygen atoms in total. The van der Waals surface area contributed by atoms with Gasteiger partial charge in [0, 0.05) is 23.9 Å². The van der Waals surface area contributed by atoms with Gasteiger partial charge in [-0.2, -0.15) is 0 Å². The van der Waals surface area contributed by atoms with Crippen LogP contribution in [-0.4, -0.2) is 31.4 Å². The molecule has 2 aromatic heterocycles. The molecule has 3 aromatic rings. The normalized spacial score (nSPS) is 14.9. The number of aromatic nitrogens is 4. The van der Waals surface area contributed by atoms with E-state index in [-0.39, 0.29) is 11.7 Å². The fraction of sp³-hybridized carbons (Fsp3) is 0.400. The average Bonchev–Trinajstić information content (AvgIpc) is 3.34. The number of benzene rings is 1. The molecule has 28 heavy (non-hydrogen) atoms. The van der Waals surface area contributed by atoms with Crippen LogP contribution in [-0.2, 0) is 11.8 Å². The Morgan fingerprint density at radius 3 is 2.79 bits per heavy atom. The van der Waals surface area contributed by atoms with Gasteiger partial charge in [0.25, 0.3) is 0 Å². The van der Waals surface area contributed by atoms with Gasteiger partial charge in [0.1, 0.15) is 5.82 Å². The largest absolute Gasteiger partial charge is 0.309 e. The summed E-state index contributed by atoms with van der Waals surface area (Å²) in [5.41, 5.74) is 1.92. The van der Waals surface area contributed by atoms with Crippen LogP contribution in [0.2, 0.25) is 0 Å². The summed E-state index contributed by atoms with van der Waals surface area (Å²) in [6.45, 7) is 0. The molecule has 1 amide bonds. The Kier molecular flexibility index (Phi) is 6.07. The Morgan fingerprint density at radius 2 is 2.00 bits per heavy atom. The van der Waals surface area contributed by atoms with Gasteiger partial charge in [-0.05, 0) is 12.8 Å². The second kappa shape index (κ2) is 8.87. The summed E-state index contributed by atoms with van der Waals surface area (Å²) in [5.74, 6) is 1.76. The van der Waals surface area contributed by atoms with Crippen molar-refractivity contribution in [1.29, 1.82) is 0 Å². The molecule has 0 aliphatic heterocycles. The zero-order valence-electron chi connectivity index (χ0n) is 15.8. The molecule has 1 N–H and O–H groups in total. The predicted molar refractivity (Wildman–Crippen MR) is 114 cm³/mol. The van der Waals surface area contributed by atoms with E-state index in [4.69, 9.17) is 0 Å². The van der Waals surface area contributed by atoms with E-state index < -0.39 is 0 Å². The van der Waals surface area contributed by atoms with Gasteiger partial charge in [-0.15, -0.1) is 21.5 Å². The van der Waals surface area contributed by atoms with Crippen molar-refractivity contribution in [3.05, 3.63) is 41.5 Å². The highest BCUT2D eigenvalue weighted by Gasteiger charge is 2.22. The maximum atomic E-state index is 12.3. The molecule has 0 unspecified atom stereocenters. The lowest BCUT2D eigenvalue weighted by atomic mass is 9.89. The molecule has 146 valence electrons. The second-order valence-corrected chi connectivity index (χ2v) is 8.78. The number of anilines is 1. The van der Waals surface area contributed by atoms with E-state index >= 15 is 0 Å². The lowest BCUT2D eigenvalue weighted by molar-refractivity contribution is -0.113. The van der Waals surface area contributed by atoms with Crippen molar-refractivity contribution < 1.29 is 4.79 Å². The number of hydrogen-bond acceptors (Lipinski definition) is 6. The van der Waals surface area contributed by atoms with E-state index in [1.807, 2.05) is 47.3 Å². The Hall–Kier alpha value is -2.19.